The van der Waals surface area contributed by atoms with Crippen LogP contribution in [0.4, 0.5) is 11.5 Å². The molecule has 27 nitrogen and oxygen atoms in total. The van der Waals surface area contributed by atoms with E-state index < -0.39 is 65.4 Å². The van der Waals surface area contributed by atoms with Crippen LogP contribution in [-0.4, -0.2) is 102 Å². The van der Waals surface area contributed by atoms with Crippen molar-refractivity contribution in [3.05, 3.63) is 128 Å². The Morgan fingerprint density at radius 1 is 0.986 bits per heavy atom. The number of aliphatic hydroxyl groups excluding tert-OH is 2. The number of aromatic nitrogens is 4. The van der Waals surface area contributed by atoms with E-state index in [1.54, 1.807) is 6.92 Å². The summed E-state index contributed by atoms with van der Waals surface area (Å²) in [7, 11) is -16.9. The molecule has 4 heterocycles. The van der Waals surface area contributed by atoms with Gasteiger partial charge in [-0.25, -0.2) is 33.4 Å². The first-order valence-electron chi connectivity index (χ1n) is 20.7. The fourth-order valence-electron chi connectivity index (χ4n) is 7.71. The Morgan fingerprint density at radius 2 is 1.76 bits per heavy atom. The topological polar surface area (TPSA) is 410 Å². The van der Waals surface area contributed by atoms with Crippen LogP contribution in [0.25, 0.3) is 44.6 Å². The summed E-state index contributed by atoms with van der Waals surface area (Å²) in [6.07, 6.45) is -1.42. The van der Waals surface area contributed by atoms with E-state index in [1.807, 2.05) is 0 Å². The van der Waals surface area contributed by atoms with E-state index >= 15 is 0 Å². The number of nitrogens with zero attached hydrogens (tertiary/aromatic N) is 5. The van der Waals surface area contributed by atoms with E-state index in [-0.39, 0.29) is 91.9 Å². The second kappa shape index (κ2) is 20.1. The highest BCUT2D eigenvalue weighted by Gasteiger charge is 2.43. The summed E-state index contributed by atoms with van der Waals surface area (Å²) in [4.78, 5) is 88.6. The number of rotatable bonds is 16. The molecule has 0 saturated carbocycles. The number of phenols is 1. The summed E-state index contributed by atoms with van der Waals surface area (Å²) in [6, 6.07) is 15.9. The number of anilines is 1. The third-order valence-corrected chi connectivity index (χ3v) is 14.6. The smallest absolute Gasteiger partial charge is 0.490 e. The zero-order chi connectivity index (χ0) is 51.9. The Balaban J connectivity index is 0.959. The number of carbonyl (C=O) groups is 1. The number of carboxylic acids is 1. The lowest BCUT2D eigenvalue weighted by Gasteiger charge is -2.19. The Morgan fingerprint density at radius 3 is 2.50 bits per heavy atom. The van der Waals surface area contributed by atoms with E-state index in [0.717, 1.165) is 6.33 Å². The predicted octanol–water partition coefficient (Wildman–Crippen LogP) is 3.62. The summed E-state index contributed by atoms with van der Waals surface area (Å²) in [5.74, 6) is 4.09. The van der Waals surface area contributed by atoms with E-state index in [1.165, 1.54) is 83.7 Å². The van der Waals surface area contributed by atoms with Crippen molar-refractivity contribution in [2.24, 2.45) is 0 Å². The van der Waals surface area contributed by atoms with Crippen molar-refractivity contribution in [2.75, 3.05) is 18.5 Å². The van der Waals surface area contributed by atoms with Crippen molar-refractivity contribution in [3.63, 3.8) is 0 Å². The predicted molar refractivity (Wildman–Crippen MR) is 247 cm³/mol. The molecule has 30 heteroatoms. The summed E-state index contributed by atoms with van der Waals surface area (Å²) in [6.45, 7) is 0.550. The van der Waals surface area contributed by atoms with Gasteiger partial charge in [-0.15, -0.1) is 0 Å². The zero-order valence-electron chi connectivity index (χ0n) is 36.6. The van der Waals surface area contributed by atoms with Crippen LogP contribution < -0.4 is 15.7 Å². The maximum atomic E-state index is 12.5. The highest BCUT2D eigenvalue weighted by atomic mass is 31.3. The third kappa shape index (κ3) is 11.4. The second-order valence-corrected chi connectivity index (χ2v) is 20.1. The lowest BCUT2D eigenvalue weighted by atomic mass is 9.89. The number of nitro benzene ring substituents is 1. The Labute approximate surface area is 402 Å². The molecule has 0 spiro atoms. The normalized spacial score (nSPS) is 18.3. The molecule has 3 aromatic carbocycles. The zero-order valence-corrected chi connectivity index (χ0v) is 39.3. The first-order valence-corrected chi connectivity index (χ1v) is 25.2. The molecule has 6 atom stereocenters. The van der Waals surface area contributed by atoms with Crippen LogP contribution in [-0.2, 0) is 31.6 Å². The van der Waals surface area contributed by atoms with Crippen LogP contribution in [0.1, 0.15) is 52.7 Å². The molecule has 72 heavy (non-hydrogen) atoms. The van der Waals surface area contributed by atoms with Gasteiger partial charge in [-0.3, -0.25) is 24.0 Å². The molecule has 5 aromatic rings. The van der Waals surface area contributed by atoms with Crippen LogP contribution in [0.2, 0.25) is 0 Å². The molecule has 0 bridgehead atoms. The summed E-state index contributed by atoms with van der Waals surface area (Å²) in [5.41, 5.74) is 1.27. The standard InChI is InChI=1S/C42H36N7O20P3/c1-21(47-39-38-40(45-19-44-39)48(20-46-38)36-17-32(52)35(67-36)18-65-71(61,62)69-72(63,64)68-70(58,59)60)26-8-4-22(13-31(26)49(56)57)3-2-12-43-41(53)23-5-9-27(42(54)55)30(14-23)37-28-10-6-24(50)15-33(28)66-34-16-25(51)7-11-29(34)37/h4-11,13-16,19-21,32,35-36,50,52H,12,17-18H2,1H3,(H,43,53)(H,54,55)(H,61,62)(H,63,64)(H,44,45,47)(H2,58,59,60)/p+1. The van der Waals surface area contributed by atoms with Crippen molar-refractivity contribution >= 4 is 69.0 Å². The van der Waals surface area contributed by atoms with E-state index in [9.17, 15) is 63.6 Å². The lowest BCUT2D eigenvalue weighted by molar-refractivity contribution is -0.450. The van der Waals surface area contributed by atoms with Crippen LogP contribution in [0, 0.1) is 22.0 Å². The van der Waals surface area contributed by atoms with Gasteiger partial charge in [0.25, 0.3) is 5.69 Å². The first-order chi connectivity index (χ1) is 34.0. The highest BCUT2D eigenvalue weighted by Crippen LogP contribution is 2.66. The van der Waals surface area contributed by atoms with Gasteiger partial charge in [0.1, 0.15) is 35.8 Å². The number of fused-ring (bicyclic) bond motifs is 3. The number of carboxylic acid groups (broad SMARTS) is 1. The number of hydrogen-bond donors (Lipinski definition) is 10. The molecule has 2 aromatic heterocycles. The number of phosphoric ester groups is 1. The summed E-state index contributed by atoms with van der Waals surface area (Å²) in [5, 5.41) is 57.9. The molecule has 1 aliphatic carbocycles. The van der Waals surface area contributed by atoms with Gasteiger partial charge in [0, 0.05) is 46.7 Å². The number of phenolic OH excluding ortho intramolecular Hbond substituents is 1. The number of hydrogen-bond acceptors (Lipinski definition) is 18. The van der Waals surface area contributed by atoms with Crippen molar-refractivity contribution in [1.82, 2.24) is 19.5 Å². The monoisotopic (exact) mass is 1050 g/mol. The molecule has 8 rings (SSSR count). The Bertz CT molecular complexity index is 3590. The van der Waals surface area contributed by atoms with Crippen LogP contribution >= 0.6 is 23.5 Å². The number of nitro groups is 1. The molecule has 374 valence electrons. The van der Waals surface area contributed by atoms with Gasteiger partial charge < -0.3 is 54.5 Å². The number of aromatic carboxylic acids is 1. The van der Waals surface area contributed by atoms with Crippen LogP contribution in [0.5, 0.6) is 5.75 Å². The fraction of sp³-hybridized carbons (Fsp3) is 0.190. The SMILES string of the molecule is CC(Nc1ncnc2c1ncn2C1CC(O)C(COP(=O)(O)OP(=O)(O)OP(=O)(O)O)O1)c1ccc(C#CC[NH+]=C(O)c2ccc(C(=O)O)c(-c3c4ccc(=O)cc-4oc4cc(O)ccc34)c2)cc1[N+](=O)[O-]. The van der Waals surface area contributed by atoms with E-state index in [0.29, 0.717) is 16.5 Å². The van der Waals surface area contributed by atoms with Crippen LogP contribution in [0.3, 0.4) is 0 Å². The van der Waals surface area contributed by atoms with Gasteiger partial charge in [-0.2, -0.15) is 13.6 Å². The largest absolute Gasteiger partial charge is 0.508 e. The molecule has 10 N–H and O–H groups in total. The minimum absolute atomic E-state index is 0.129. The number of ether oxygens (including phenoxy) is 1. The van der Waals surface area contributed by atoms with Crippen molar-refractivity contribution in [1.29, 1.82) is 0 Å². The molecule has 2 aliphatic heterocycles. The Kier molecular flexibility index (Phi) is 14.3. The average Bonchev–Trinajstić information content (AvgIpc) is 3.90. The molecule has 0 amide bonds. The van der Waals surface area contributed by atoms with Crippen molar-refractivity contribution < 1.29 is 90.7 Å². The first kappa shape index (κ1) is 51.1. The second-order valence-electron chi connectivity index (χ2n) is 15.6. The van der Waals surface area contributed by atoms with Gasteiger partial charge in [-0.1, -0.05) is 5.92 Å². The molecule has 6 unspecified atom stereocenters. The van der Waals surface area contributed by atoms with Gasteiger partial charge >= 0.3 is 35.3 Å². The third-order valence-electron chi connectivity index (χ3n) is 10.8. The van der Waals surface area contributed by atoms with E-state index in [4.69, 9.17) is 18.9 Å². The number of benzene rings is 4. The molecular formula is C42H37N7O20P3+. The lowest BCUT2D eigenvalue weighted by Crippen LogP contribution is -2.73. The molecule has 3 aliphatic rings. The molecular weight excluding hydrogens is 1020 g/mol. The maximum absolute atomic E-state index is 12.5. The summed E-state index contributed by atoms with van der Waals surface area (Å²) < 4.78 is 59.8. The van der Waals surface area contributed by atoms with Crippen LogP contribution in [0.15, 0.2) is 94.7 Å². The van der Waals surface area contributed by atoms with Gasteiger partial charge in [-0.05, 0) is 73.0 Å². The average molecular weight is 1050 g/mol. The minimum Gasteiger partial charge on any atom is -0.508 e. The minimum atomic E-state index is -5.78. The quantitative estimate of drug-likeness (QED) is 0.0126. The maximum Gasteiger partial charge on any atom is 0.490 e. The molecule has 1 saturated heterocycles. The van der Waals surface area contributed by atoms with E-state index in [2.05, 4.69) is 50.2 Å². The highest BCUT2D eigenvalue weighted by molar-refractivity contribution is 7.66. The fourth-order valence-corrected chi connectivity index (χ4v) is 10.7. The van der Waals surface area contributed by atoms with Gasteiger partial charge in [0.2, 0.25) is 6.54 Å². The molecule has 0 radical (unpaired) electrons. The van der Waals surface area contributed by atoms with Crippen molar-refractivity contribution in [2.45, 2.75) is 37.8 Å². The van der Waals surface area contributed by atoms with Crippen molar-refractivity contribution in [3.8, 4) is 40.0 Å². The number of imidazole rings is 1. The number of phosphoric acid groups is 3. The van der Waals surface area contributed by atoms with Gasteiger partial charge in [0.05, 0.1) is 46.7 Å². The number of nitrogens with one attached hydrogen (secondary N) is 2. The molecule has 1 fully saturated rings. The Hall–Kier alpha value is -7.27. The van der Waals surface area contributed by atoms with Gasteiger partial charge in [0.15, 0.2) is 22.4 Å². The number of aliphatic hydroxyl groups is 2. The summed E-state index contributed by atoms with van der Waals surface area (Å²) >= 11 is 0. The number of aromatic hydroxyl groups is 1.